The van der Waals surface area contributed by atoms with Crippen molar-refractivity contribution in [1.82, 2.24) is 4.90 Å². The van der Waals surface area contributed by atoms with E-state index in [1.807, 2.05) is 27.7 Å². The van der Waals surface area contributed by atoms with Crippen LogP contribution in [0.3, 0.4) is 0 Å². The summed E-state index contributed by atoms with van der Waals surface area (Å²) < 4.78 is 0. The number of hydrogen-bond donors (Lipinski definition) is 2. The van der Waals surface area contributed by atoms with Crippen molar-refractivity contribution < 1.29 is 15.0 Å². The fraction of sp³-hybridized carbons (Fsp3) is 0.917. The zero-order valence-corrected chi connectivity index (χ0v) is 10.7. The first kappa shape index (κ1) is 13.3. The van der Waals surface area contributed by atoms with E-state index in [4.69, 9.17) is 0 Å². The minimum absolute atomic E-state index is 0.0396. The van der Waals surface area contributed by atoms with Crippen LogP contribution in [-0.2, 0) is 0 Å². The minimum atomic E-state index is -0.862. The first-order chi connectivity index (χ1) is 7.13. The Morgan fingerprint density at radius 2 is 1.75 bits per heavy atom. The molecular weight excluding hydrogens is 206 g/mol. The molecule has 0 aliphatic heterocycles. The van der Waals surface area contributed by atoms with Crippen molar-refractivity contribution in [2.75, 3.05) is 0 Å². The Kier molecular flexibility index (Phi) is 3.53. The SMILES string of the molecule is CC(C)(C)N(C(=O)O)[C@H]1CC[C@@](C)(O)CC1. The van der Waals surface area contributed by atoms with Crippen LogP contribution in [0.25, 0.3) is 0 Å². The number of hydrogen-bond acceptors (Lipinski definition) is 2. The van der Waals surface area contributed by atoms with Crippen molar-refractivity contribution in [2.24, 2.45) is 0 Å². The van der Waals surface area contributed by atoms with Crippen LogP contribution in [0.4, 0.5) is 4.79 Å². The average Bonchev–Trinajstić information content (AvgIpc) is 2.05. The summed E-state index contributed by atoms with van der Waals surface area (Å²) in [6.45, 7) is 7.56. The van der Waals surface area contributed by atoms with Gasteiger partial charge in [0.2, 0.25) is 0 Å². The molecule has 0 saturated heterocycles. The zero-order chi connectivity index (χ0) is 12.6. The number of carboxylic acid groups (broad SMARTS) is 1. The third kappa shape index (κ3) is 3.11. The molecule has 1 aliphatic carbocycles. The van der Waals surface area contributed by atoms with Crippen LogP contribution in [0.1, 0.15) is 53.4 Å². The normalized spacial score (nSPS) is 31.2. The van der Waals surface area contributed by atoms with Gasteiger partial charge >= 0.3 is 6.09 Å². The molecule has 1 saturated carbocycles. The van der Waals surface area contributed by atoms with Crippen LogP contribution in [0, 0.1) is 0 Å². The molecule has 1 rings (SSSR count). The molecule has 4 heteroatoms. The Bertz CT molecular complexity index is 258. The molecule has 0 unspecified atom stereocenters. The summed E-state index contributed by atoms with van der Waals surface area (Å²) in [7, 11) is 0. The number of amides is 1. The third-order valence-corrected chi connectivity index (χ3v) is 3.33. The summed E-state index contributed by atoms with van der Waals surface area (Å²) in [6, 6.07) is 0.0396. The van der Waals surface area contributed by atoms with Gasteiger partial charge in [-0.2, -0.15) is 0 Å². The summed E-state index contributed by atoms with van der Waals surface area (Å²) >= 11 is 0. The van der Waals surface area contributed by atoms with E-state index in [2.05, 4.69) is 0 Å². The average molecular weight is 229 g/mol. The van der Waals surface area contributed by atoms with Gasteiger partial charge in [0.15, 0.2) is 0 Å². The second-order valence-corrected chi connectivity index (χ2v) is 6.05. The molecule has 0 aromatic heterocycles. The molecule has 0 bridgehead atoms. The predicted molar refractivity (Wildman–Crippen MR) is 62.5 cm³/mol. The zero-order valence-electron chi connectivity index (χ0n) is 10.7. The fourth-order valence-electron chi connectivity index (χ4n) is 2.47. The van der Waals surface area contributed by atoms with E-state index in [9.17, 15) is 15.0 Å². The molecule has 0 spiro atoms. The highest BCUT2D eigenvalue weighted by atomic mass is 16.4. The lowest BCUT2D eigenvalue weighted by atomic mass is 9.82. The highest BCUT2D eigenvalue weighted by molar-refractivity contribution is 5.66. The van der Waals surface area contributed by atoms with E-state index in [1.54, 1.807) is 0 Å². The Morgan fingerprint density at radius 3 is 2.06 bits per heavy atom. The number of aliphatic hydroxyl groups is 1. The Morgan fingerprint density at radius 1 is 1.31 bits per heavy atom. The topological polar surface area (TPSA) is 60.8 Å². The van der Waals surface area contributed by atoms with Crippen LogP contribution in [0.2, 0.25) is 0 Å². The molecule has 0 atom stereocenters. The van der Waals surface area contributed by atoms with Gasteiger partial charge in [-0.25, -0.2) is 4.79 Å². The van der Waals surface area contributed by atoms with Crippen molar-refractivity contribution in [2.45, 2.75) is 70.6 Å². The molecule has 2 N–H and O–H groups in total. The fourth-order valence-corrected chi connectivity index (χ4v) is 2.47. The monoisotopic (exact) mass is 229 g/mol. The highest BCUT2D eigenvalue weighted by Gasteiger charge is 2.38. The first-order valence-electron chi connectivity index (χ1n) is 5.88. The number of rotatable bonds is 1. The van der Waals surface area contributed by atoms with E-state index in [0.29, 0.717) is 12.8 Å². The van der Waals surface area contributed by atoms with Gasteiger partial charge in [-0.1, -0.05) is 0 Å². The lowest BCUT2D eigenvalue weighted by Crippen LogP contribution is -2.53. The Labute approximate surface area is 97.3 Å². The third-order valence-electron chi connectivity index (χ3n) is 3.33. The highest BCUT2D eigenvalue weighted by Crippen LogP contribution is 2.33. The molecule has 0 radical (unpaired) electrons. The molecule has 0 aromatic rings. The summed E-state index contributed by atoms with van der Waals surface area (Å²) in [5, 5.41) is 19.1. The maximum atomic E-state index is 11.3. The van der Waals surface area contributed by atoms with E-state index >= 15 is 0 Å². The summed E-state index contributed by atoms with van der Waals surface area (Å²) in [6.07, 6.45) is 1.99. The number of nitrogens with zero attached hydrogens (tertiary/aromatic N) is 1. The van der Waals surface area contributed by atoms with Gasteiger partial charge in [-0.15, -0.1) is 0 Å². The van der Waals surface area contributed by atoms with E-state index in [1.165, 1.54) is 4.90 Å². The van der Waals surface area contributed by atoms with Crippen LogP contribution >= 0.6 is 0 Å². The molecular formula is C12H23NO3. The summed E-state index contributed by atoms with van der Waals surface area (Å²) in [5.74, 6) is 0. The lowest BCUT2D eigenvalue weighted by Gasteiger charge is -2.44. The quantitative estimate of drug-likeness (QED) is 0.726. The van der Waals surface area contributed by atoms with Crippen LogP contribution in [0.15, 0.2) is 0 Å². The van der Waals surface area contributed by atoms with Crippen molar-refractivity contribution in [3.63, 3.8) is 0 Å². The maximum absolute atomic E-state index is 11.3. The molecule has 1 amide bonds. The lowest BCUT2D eigenvalue weighted by molar-refractivity contribution is -0.0183. The standard InChI is InChI=1S/C12H23NO3/c1-11(2,3)13(10(14)15)9-5-7-12(4,16)8-6-9/h9,16H,5-8H2,1-4H3,(H,14,15)/t9-,12+. The molecule has 1 fully saturated rings. The molecule has 0 heterocycles. The Hall–Kier alpha value is -0.770. The van der Waals surface area contributed by atoms with Crippen molar-refractivity contribution in [1.29, 1.82) is 0 Å². The summed E-state index contributed by atoms with van der Waals surface area (Å²) in [5.41, 5.74) is -0.988. The predicted octanol–water partition coefficient (Wildman–Crippen LogP) is 2.46. The molecule has 0 aromatic carbocycles. The van der Waals surface area contributed by atoms with E-state index < -0.39 is 11.7 Å². The van der Waals surface area contributed by atoms with Gasteiger partial charge in [0.05, 0.1) is 5.60 Å². The Balaban J connectivity index is 2.73. The van der Waals surface area contributed by atoms with Gasteiger partial charge in [0.25, 0.3) is 0 Å². The molecule has 16 heavy (non-hydrogen) atoms. The van der Waals surface area contributed by atoms with Gasteiger partial charge in [-0.05, 0) is 53.4 Å². The minimum Gasteiger partial charge on any atom is -0.465 e. The van der Waals surface area contributed by atoms with Gasteiger partial charge in [0, 0.05) is 11.6 Å². The van der Waals surface area contributed by atoms with Crippen molar-refractivity contribution in [3.05, 3.63) is 0 Å². The maximum Gasteiger partial charge on any atom is 0.407 e. The second-order valence-electron chi connectivity index (χ2n) is 6.05. The van der Waals surface area contributed by atoms with Crippen LogP contribution in [-0.4, -0.2) is 38.4 Å². The van der Waals surface area contributed by atoms with Crippen molar-refractivity contribution in [3.8, 4) is 0 Å². The van der Waals surface area contributed by atoms with Crippen molar-refractivity contribution >= 4 is 6.09 Å². The van der Waals surface area contributed by atoms with E-state index in [0.717, 1.165) is 12.8 Å². The summed E-state index contributed by atoms with van der Waals surface area (Å²) in [4.78, 5) is 12.8. The second kappa shape index (κ2) is 4.24. The van der Waals surface area contributed by atoms with Gasteiger partial charge in [0.1, 0.15) is 0 Å². The van der Waals surface area contributed by atoms with Crippen LogP contribution in [0.5, 0.6) is 0 Å². The number of carbonyl (C=O) groups is 1. The first-order valence-corrected chi connectivity index (χ1v) is 5.88. The smallest absolute Gasteiger partial charge is 0.407 e. The van der Waals surface area contributed by atoms with E-state index in [-0.39, 0.29) is 11.6 Å². The molecule has 94 valence electrons. The molecule has 4 nitrogen and oxygen atoms in total. The molecule has 1 aliphatic rings. The van der Waals surface area contributed by atoms with Gasteiger partial charge < -0.3 is 15.1 Å². The largest absolute Gasteiger partial charge is 0.465 e. The van der Waals surface area contributed by atoms with Crippen LogP contribution < -0.4 is 0 Å². The van der Waals surface area contributed by atoms with Gasteiger partial charge in [-0.3, -0.25) is 0 Å².